The highest BCUT2D eigenvalue weighted by Gasteiger charge is 2.42. The number of likely N-dealkylation sites (tertiary alicyclic amines) is 1. The van der Waals surface area contributed by atoms with Gasteiger partial charge >= 0.3 is 0 Å². The van der Waals surface area contributed by atoms with Crippen LogP contribution < -0.4 is 11.1 Å². The normalized spacial score (nSPS) is 21.6. The second kappa shape index (κ2) is 10.1. The van der Waals surface area contributed by atoms with Crippen LogP contribution in [0.2, 0.25) is 0 Å². The van der Waals surface area contributed by atoms with Crippen LogP contribution in [0.4, 0.5) is 0 Å². The lowest BCUT2D eigenvalue weighted by Crippen LogP contribution is -2.59. The fraction of sp³-hybridized carbons (Fsp3) is 0.704. The van der Waals surface area contributed by atoms with E-state index in [0.717, 1.165) is 19.3 Å². The first-order valence-electron chi connectivity index (χ1n) is 12.8. The molecule has 6 heteroatoms. The summed E-state index contributed by atoms with van der Waals surface area (Å²) < 4.78 is 6.00. The molecule has 33 heavy (non-hydrogen) atoms. The highest BCUT2D eigenvalue weighted by atomic mass is 16.5. The molecule has 0 unspecified atom stereocenters. The summed E-state index contributed by atoms with van der Waals surface area (Å²) in [6.07, 6.45) is 10.4. The van der Waals surface area contributed by atoms with Crippen LogP contribution >= 0.6 is 0 Å². The van der Waals surface area contributed by atoms with E-state index in [0.29, 0.717) is 25.6 Å². The quantitative estimate of drug-likeness (QED) is 0.661. The summed E-state index contributed by atoms with van der Waals surface area (Å²) >= 11 is 0. The molecule has 1 aliphatic heterocycles. The summed E-state index contributed by atoms with van der Waals surface area (Å²) in [7, 11) is 0. The van der Waals surface area contributed by atoms with Gasteiger partial charge in [-0.05, 0) is 74.8 Å². The number of hydrogen-bond acceptors (Lipinski definition) is 4. The lowest BCUT2D eigenvalue weighted by molar-refractivity contribution is -0.140. The largest absolute Gasteiger partial charge is 0.378 e. The first kappa shape index (κ1) is 24.2. The van der Waals surface area contributed by atoms with Crippen LogP contribution in [0.15, 0.2) is 24.3 Å². The van der Waals surface area contributed by atoms with E-state index in [1.54, 1.807) is 13.8 Å². The zero-order chi connectivity index (χ0) is 23.5. The van der Waals surface area contributed by atoms with Crippen molar-refractivity contribution in [1.29, 1.82) is 0 Å². The van der Waals surface area contributed by atoms with Gasteiger partial charge in [0.2, 0.25) is 11.8 Å². The summed E-state index contributed by atoms with van der Waals surface area (Å²) in [4.78, 5) is 28.0. The van der Waals surface area contributed by atoms with Gasteiger partial charge in [0, 0.05) is 19.7 Å². The average molecular weight is 456 g/mol. The first-order valence-corrected chi connectivity index (χ1v) is 12.8. The Bertz CT molecular complexity index is 833. The molecule has 1 aromatic carbocycles. The number of piperidine rings is 1. The molecule has 3 N–H and O–H groups in total. The summed E-state index contributed by atoms with van der Waals surface area (Å²) in [5, 5.41) is 2.89. The van der Waals surface area contributed by atoms with Crippen molar-refractivity contribution in [2.75, 3.05) is 26.3 Å². The van der Waals surface area contributed by atoms with Crippen LogP contribution in [-0.4, -0.2) is 54.6 Å². The monoisotopic (exact) mass is 455 g/mol. The van der Waals surface area contributed by atoms with Gasteiger partial charge in [-0.15, -0.1) is 0 Å². The van der Waals surface area contributed by atoms with Crippen molar-refractivity contribution in [3.63, 3.8) is 0 Å². The van der Waals surface area contributed by atoms with Crippen molar-refractivity contribution in [3.05, 3.63) is 35.4 Å². The highest BCUT2D eigenvalue weighted by Crippen LogP contribution is 2.46. The Morgan fingerprint density at radius 3 is 2.55 bits per heavy atom. The van der Waals surface area contributed by atoms with Gasteiger partial charge in [-0.1, -0.05) is 43.5 Å². The van der Waals surface area contributed by atoms with Crippen LogP contribution in [0, 0.1) is 5.92 Å². The molecule has 2 fully saturated rings. The van der Waals surface area contributed by atoms with Crippen molar-refractivity contribution in [2.24, 2.45) is 11.7 Å². The number of nitrogens with two attached hydrogens (primary N) is 1. The average Bonchev–Trinajstić information content (AvgIpc) is 3.16. The molecule has 1 heterocycles. The molecular formula is C27H41N3O3. The van der Waals surface area contributed by atoms with E-state index >= 15 is 0 Å². The van der Waals surface area contributed by atoms with E-state index in [-0.39, 0.29) is 23.8 Å². The summed E-state index contributed by atoms with van der Waals surface area (Å²) in [5.74, 6) is 0.200. The van der Waals surface area contributed by atoms with Crippen LogP contribution in [-0.2, 0) is 26.2 Å². The van der Waals surface area contributed by atoms with Gasteiger partial charge < -0.3 is 20.7 Å². The highest BCUT2D eigenvalue weighted by molar-refractivity contribution is 5.91. The minimum Gasteiger partial charge on any atom is -0.378 e. The molecule has 182 valence electrons. The molecule has 1 saturated carbocycles. The number of amides is 2. The number of carbonyl (C=O) groups excluding carboxylic acids is 2. The Hall–Kier alpha value is -1.92. The topological polar surface area (TPSA) is 84.7 Å². The molecule has 0 radical (unpaired) electrons. The van der Waals surface area contributed by atoms with Crippen LogP contribution in [0.1, 0.15) is 76.3 Å². The molecule has 1 aromatic rings. The molecule has 1 spiro atoms. The lowest BCUT2D eigenvalue weighted by Gasteiger charge is -2.41. The van der Waals surface area contributed by atoms with E-state index in [1.165, 1.54) is 49.7 Å². The van der Waals surface area contributed by atoms with E-state index in [2.05, 4.69) is 29.6 Å². The Kier molecular flexibility index (Phi) is 7.44. The molecule has 1 atom stereocenters. The molecule has 0 aromatic heterocycles. The fourth-order valence-electron chi connectivity index (χ4n) is 5.88. The van der Waals surface area contributed by atoms with Crippen molar-refractivity contribution in [2.45, 2.75) is 88.6 Å². The Labute approximate surface area is 198 Å². The van der Waals surface area contributed by atoms with Gasteiger partial charge in [0.25, 0.3) is 0 Å². The Balaban J connectivity index is 1.37. The van der Waals surface area contributed by atoms with Crippen LogP contribution in [0.3, 0.4) is 0 Å². The van der Waals surface area contributed by atoms with Crippen LogP contribution in [0.5, 0.6) is 0 Å². The number of rotatable bonds is 7. The summed E-state index contributed by atoms with van der Waals surface area (Å²) in [5.41, 5.74) is 8.09. The zero-order valence-electron chi connectivity index (χ0n) is 20.4. The molecule has 2 aliphatic carbocycles. The number of ether oxygens (including phenoxy) is 1. The predicted molar refractivity (Wildman–Crippen MR) is 130 cm³/mol. The third kappa shape index (κ3) is 5.60. The van der Waals surface area contributed by atoms with E-state index < -0.39 is 11.6 Å². The Morgan fingerprint density at radius 1 is 1.15 bits per heavy atom. The van der Waals surface area contributed by atoms with Crippen LogP contribution in [0.25, 0.3) is 0 Å². The molecule has 2 amide bonds. The number of carbonyl (C=O) groups is 2. The Morgan fingerprint density at radius 2 is 1.85 bits per heavy atom. The molecule has 0 bridgehead atoms. The maximum absolute atomic E-state index is 13.5. The SMILES string of the molecule is CC(C)(N)C(=O)N[C@H](COCC1CCCCC1)C(=O)N1CCC2(CCc3ccccc32)CC1. The zero-order valence-corrected chi connectivity index (χ0v) is 20.4. The summed E-state index contributed by atoms with van der Waals surface area (Å²) in [6, 6.07) is 8.08. The number of aryl methyl sites for hydroxylation is 1. The van der Waals surface area contributed by atoms with Gasteiger partial charge in [0.1, 0.15) is 6.04 Å². The van der Waals surface area contributed by atoms with Crippen molar-refractivity contribution in [3.8, 4) is 0 Å². The maximum atomic E-state index is 13.5. The molecule has 1 saturated heterocycles. The second-order valence-electron chi connectivity index (χ2n) is 11.1. The molecule has 6 nitrogen and oxygen atoms in total. The second-order valence-corrected chi connectivity index (χ2v) is 11.1. The first-order chi connectivity index (χ1) is 15.8. The number of nitrogens with zero attached hydrogens (tertiary/aromatic N) is 1. The standard InChI is InChI=1S/C27H41N3O3/c1-26(2,28)25(32)29-23(19-33-18-20-8-4-3-5-9-20)24(31)30-16-14-27(15-17-30)13-12-21-10-6-7-11-22(21)27/h6-7,10-11,20,23H,3-5,8-9,12-19,28H2,1-2H3,(H,29,32)/t23-/m1/s1. The smallest absolute Gasteiger partial charge is 0.247 e. The number of benzene rings is 1. The van der Waals surface area contributed by atoms with Crippen molar-refractivity contribution >= 4 is 11.8 Å². The van der Waals surface area contributed by atoms with Crippen molar-refractivity contribution < 1.29 is 14.3 Å². The van der Waals surface area contributed by atoms with Gasteiger partial charge in [0.05, 0.1) is 12.1 Å². The minimum absolute atomic E-state index is 0.0441. The summed E-state index contributed by atoms with van der Waals surface area (Å²) in [6.45, 7) is 5.62. The predicted octanol–water partition coefficient (Wildman–Crippen LogP) is 3.31. The van der Waals surface area contributed by atoms with Gasteiger partial charge in [-0.3, -0.25) is 9.59 Å². The van der Waals surface area contributed by atoms with Gasteiger partial charge in [0.15, 0.2) is 0 Å². The molecule has 4 rings (SSSR count). The van der Waals surface area contributed by atoms with E-state index in [9.17, 15) is 9.59 Å². The third-order valence-electron chi connectivity index (χ3n) is 8.05. The van der Waals surface area contributed by atoms with Gasteiger partial charge in [-0.25, -0.2) is 0 Å². The molecular weight excluding hydrogens is 414 g/mol. The number of fused-ring (bicyclic) bond motifs is 2. The van der Waals surface area contributed by atoms with E-state index in [1.807, 2.05) is 4.90 Å². The fourth-order valence-corrected chi connectivity index (χ4v) is 5.88. The minimum atomic E-state index is -1.04. The molecule has 3 aliphatic rings. The van der Waals surface area contributed by atoms with E-state index in [4.69, 9.17) is 10.5 Å². The maximum Gasteiger partial charge on any atom is 0.247 e. The number of nitrogens with one attached hydrogen (secondary N) is 1. The third-order valence-corrected chi connectivity index (χ3v) is 8.05. The number of hydrogen-bond donors (Lipinski definition) is 2. The van der Waals surface area contributed by atoms with Crippen molar-refractivity contribution in [1.82, 2.24) is 10.2 Å². The lowest BCUT2D eigenvalue weighted by atomic mass is 9.74. The van der Waals surface area contributed by atoms with Gasteiger partial charge in [-0.2, -0.15) is 0 Å².